The van der Waals surface area contributed by atoms with Crippen molar-refractivity contribution in [3.63, 3.8) is 0 Å². The van der Waals surface area contributed by atoms with Crippen molar-refractivity contribution in [3.8, 4) is 11.4 Å². The van der Waals surface area contributed by atoms with Crippen LogP contribution in [0.1, 0.15) is 50.4 Å². The first-order valence-corrected chi connectivity index (χ1v) is 16.3. The molecule has 2 amide bonds. The first-order chi connectivity index (χ1) is 20.9. The van der Waals surface area contributed by atoms with Crippen LogP contribution >= 0.6 is 0 Å². The van der Waals surface area contributed by atoms with Crippen molar-refractivity contribution in [1.82, 2.24) is 14.1 Å². The normalized spacial score (nSPS) is 14.8. The number of aromatic nitrogens is 2. The van der Waals surface area contributed by atoms with Crippen LogP contribution in [0, 0.1) is 12.8 Å². The van der Waals surface area contributed by atoms with E-state index < -0.39 is 10.0 Å². The van der Waals surface area contributed by atoms with E-state index in [2.05, 4.69) is 31.4 Å². The number of aryl methyl sites for hydroxylation is 1. The molecule has 9 nitrogen and oxygen atoms in total. The number of carbonyl (C=O) groups is 1. The SMILES string of the molecule is COc1ccc(S(=O)(=O)N2CCC(Cc3cccc(NC(=O)Nc4cc(C(C)(C)C)nn4-c4ccc(C)cc4)c3)CC2)cc1. The fourth-order valence-corrected chi connectivity index (χ4v) is 6.83. The topological polar surface area (TPSA) is 106 Å². The summed E-state index contributed by atoms with van der Waals surface area (Å²) in [5.74, 6) is 1.56. The summed E-state index contributed by atoms with van der Waals surface area (Å²) < 4.78 is 34.7. The standard InChI is InChI=1S/C34H41N5O4S/c1-24-9-11-28(12-10-24)39-32(23-31(37-39)34(2,3)4)36-33(40)35-27-8-6-7-26(22-27)21-25-17-19-38(20-18-25)44(41,42)30-15-13-29(43-5)14-16-30/h6-16,22-23,25H,17-21H2,1-5H3,(H2,35,36,40). The van der Waals surface area contributed by atoms with E-state index in [1.807, 2.05) is 61.5 Å². The van der Waals surface area contributed by atoms with Gasteiger partial charge >= 0.3 is 6.03 Å². The second-order valence-corrected chi connectivity index (χ2v) is 14.4. The third-order valence-electron chi connectivity index (χ3n) is 7.98. The molecule has 1 aliphatic heterocycles. The van der Waals surface area contributed by atoms with E-state index in [0.717, 1.165) is 41.8 Å². The number of nitrogens with zero attached hydrogens (tertiary/aromatic N) is 3. The fourth-order valence-electron chi connectivity index (χ4n) is 5.36. The number of piperidine rings is 1. The van der Waals surface area contributed by atoms with E-state index in [1.165, 1.54) is 0 Å². The first-order valence-electron chi connectivity index (χ1n) is 14.9. The number of urea groups is 1. The molecule has 44 heavy (non-hydrogen) atoms. The van der Waals surface area contributed by atoms with Crippen molar-refractivity contribution >= 4 is 27.6 Å². The zero-order valence-corrected chi connectivity index (χ0v) is 26.8. The number of ether oxygens (including phenoxy) is 1. The summed E-state index contributed by atoms with van der Waals surface area (Å²) in [7, 11) is -1.99. The lowest BCUT2D eigenvalue weighted by Crippen LogP contribution is -2.38. The Hall–Kier alpha value is -4.15. The minimum atomic E-state index is -3.54. The number of benzene rings is 3. The Labute approximate surface area is 260 Å². The highest BCUT2D eigenvalue weighted by molar-refractivity contribution is 7.89. The van der Waals surface area contributed by atoms with Gasteiger partial charge in [-0.1, -0.05) is 50.6 Å². The molecule has 2 heterocycles. The zero-order valence-electron chi connectivity index (χ0n) is 26.0. The molecule has 0 radical (unpaired) electrons. The van der Waals surface area contributed by atoms with Crippen molar-refractivity contribution in [3.05, 3.63) is 95.7 Å². The molecule has 1 aromatic heterocycles. The molecule has 232 valence electrons. The minimum absolute atomic E-state index is 0.187. The van der Waals surface area contributed by atoms with Gasteiger partial charge in [-0.15, -0.1) is 0 Å². The largest absolute Gasteiger partial charge is 0.497 e. The molecule has 3 aromatic carbocycles. The molecular formula is C34H41N5O4S. The molecule has 2 N–H and O–H groups in total. The highest BCUT2D eigenvalue weighted by Gasteiger charge is 2.29. The highest BCUT2D eigenvalue weighted by atomic mass is 32.2. The highest BCUT2D eigenvalue weighted by Crippen LogP contribution is 2.29. The number of methoxy groups -OCH3 is 1. The molecule has 1 aliphatic rings. The number of anilines is 2. The Balaban J connectivity index is 1.20. The van der Waals surface area contributed by atoms with Crippen LogP contribution in [0.3, 0.4) is 0 Å². The van der Waals surface area contributed by atoms with Gasteiger partial charge in [-0.2, -0.15) is 9.40 Å². The van der Waals surface area contributed by atoms with Crippen LogP contribution in [-0.4, -0.2) is 48.7 Å². The minimum Gasteiger partial charge on any atom is -0.497 e. The summed E-state index contributed by atoms with van der Waals surface area (Å²) in [6.07, 6.45) is 2.35. The molecule has 5 rings (SSSR count). The van der Waals surface area contributed by atoms with Crippen molar-refractivity contribution < 1.29 is 17.9 Å². The number of sulfonamides is 1. The van der Waals surface area contributed by atoms with Gasteiger partial charge in [0.05, 0.1) is 23.4 Å². The summed E-state index contributed by atoms with van der Waals surface area (Å²) in [6, 6.07) is 23.9. The molecule has 0 bridgehead atoms. The van der Waals surface area contributed by atoms with Gasteiger partial charge in [0.1, 0.15) is 11.6 Å². The number of amides is 2. The Kier molecular flexibility index (Phi) is 9.12. The second kappa shape index (κ2) is 12.8. The van der Waals surface area contributed by atoms with Crippen LogP contribution in [0.4, 0.5) is 16.3 Å². The predicted octanol–water partition coefficient (Wildman–Crippen LogP) is 6.77. The third kappa shape index (κ3) is 7.31. The average Bonchev–Trinajstić information content (AvgIpc) is 3.42. The fraction of sp³-hybridized carbons (Fsp3) is 0.353. The predicted molar refractivity (Wildman–Crippen MR) is 174 cm³/mol. The maximum atomic E-state index is 13.1. The van der Waals surface area contributed by atoms with Crippen LogP contribution in [-0.2, 0) is 21.9 Å². The van der Waals surface area contributed by atoms with E-state index in [0.29, 0.717) is 36.3 Å². The Morgan fingerprint density at radius 2 is 1.64 bits per heavy atom. The van der Waals surface area contributed by atoms with Gasteiger partial charge in [-0.25, -0.2) is 17.9 Å². The molecule has 0 saturated carbocycles. The number of nitrogens with one attached hydrogen (secondary N) is 2. The summed E-state index contributed by atoms with van der Waals surface area (Å²) in [5.41, 5.74) is 4.49. The lowest BCUT2D eigenvalue weighted by molar-refractivity contribution is 0.262. The maximum absolute atomic E-state index is 13.1. The van der Waals surface area contributed by atoms with Crippen LogP contribution in [0.2, 0.25) is 0 Å². The smallest absolute Gasteiger partial charge is 0.324 e. The Morgan fingerprint density at radius 1 is 0.955 bits per heavy atom. The first kappa shape index (κ1) is 31.3. The van der Waals surface area contributed by atoms with Crippen molar-refractivity contribution in [2.45, 2.75) is 57.3 Å². The molecule has 0 atom stereocenters. The van der Waals surface area contributed by atoms with Gasteiger partial charge in [-0.3, -0.25) is 5.32 Å². The van der Waals surface area contributed by atoms with Gasteiger partial charge in [0, 0.05) is 30.3 Å². The van der Waals surface area contributed by atoms with Gasteiger partial charge in [0.25, 0.3) is 0 Å². The van der Waals surface area contributed by atoms with E-state index >= 15 is 0 Å². The summed E-state index contributed by atoms with van der Waals surface area (Å²) in [6.45, 7) is 9.26. The lowest BCUT2D eigenvalue weighted by atomic mass is 9.91. The van der Waals surface area contributed by atoms with Crippen LogP contribution in [0.5, 0.6) is 5.75 Å². The maximum Gasteiger partial charge on any atom is 0.324 e. The van der Waals surface area contributed by atoms with E-state index in [1.54, 1.807) is 40.4 Å². The van der Waals surface area contributed by atoms with E-state index in [4.69, 9.17) is 9.84 Å². The van der Waals surface area contributed by atoms with Crippen LogP contribution in [0.25, 0.3) is 5.69 Å². The van der Waals surface area contributed by atoms with E-state index in [9.17, 15) is 13.2 Å². The zero-order chi connectivity index (χ0) is 31.5. The van der Waals surface area contributed by atoms with Gasteiger partial charge in [0.15, 0.2) is 0 Å². The van der Waals surface area contributed by atoms with Gasteiger partial charge in [-0.05, 0) is 86.2 Å². The number of carbonyl (C=O) groups excluding carboxylic acids is 1. The molecule has 1 fully saturated rings. The molecule has 0 spiro atoms. The van der Waals surface area contributed by atoms with Gasteiger partial charge in [0.2, 0.25) is 10.0 Å². The average molecular weight is 616 g/mol. The molecule has 10 heteroatoms. The number of hydrogen-bond donors (Lipinski definition) is 2. The monoisotopic (exact) mass is 615 g/mol. The van der Waals surface area contributed by atoms with E-state index in [-0.39, 0.29) is 16.3 Å². The summed E-state index contributed by atoms with van der Waals surface area (Å²) in [5, 5.41) is 10.7. The molecule has 0 aliphatic carbocycles. The Bertz CT molecular complexity index is 1700. The summed E-state index contributed by atoms with van der Waals surface area (Å²) in [4.78, 5) is 13.4. The lowest BCUT2D eigenvalue weighted by Gasteiger charge is -2.31. The molecular weight excluding hydrogens is 574 g/mol. The van der Waals surface area contributed by atoms with Crippen molar-refractivity contribution in [1.29, 1.82) is 0 Å². The van der Waals surface area contributed by atoms with Crippen LogP contribution in [0.15, 0.2) is 83.8 Å². The molecule has 0 unspecified atom stereocenters. The Morgan fingerprint density at radius 3 is 2.27 bits per heavy atom. The van der Waals surface area contributed by atoms with Crippen molar-refractivity contribution in [2.75, 3.05) is 30.8 Å². The molecule has 1 saturated heterocycles. The van der Waals surface area contributed by atoms with Crippen molar-refractivity contribution in [2.24, 2.45) is 5.92 Å². The van der Waals surface area contributed by atoms with Crippen LogP contribution < -0.4 is 15.4 Å². The van der Waals surface area contributed by atoms with Gasteiger partial charge < -0.3 is 10.1 Å². The number of hydrogen-bond acceptors (Lipinski definition) is 5. The second-order valence-electron chi connectivity index (χ2n) is 12.4. The number of rotatable bonds is 8. The third-order valence-corrected chi connectivity index (χ3v) is 9.89. The quantitative estimate of drug-likeness (QED) is 0.228. The molecule has 4 aromatic rings. The summed E-state index contributed by atoms with van der Waals surface area (Å²) >= 11 is 0.